The number of nitrogens with one attached hydrogen (secondary N) is 2. The van der Waals surface area contributed by atoms with Crippen LogP contribution in [0.3, 0.4) is 0 Å². The molecule has 7 heteroatoms. The first-order chi connectivity index (χ1) is 12.6. The molecule has 0 bridgehead atoms. The Morgan fingerprint density at radius 3 is 2.26 bits per heavy atom. The van der Waals surface area contributed by atoms with Crippen LogP contribution in [0.1, 0.15) is 26.3 Å². The summed E-state index contributed by atoms with van der Waals surface area (Å²) in [6.07, 6.45) is 0. The van der Waals surface area contributed by atoms with Gasteiger partial charge in [0.05, 0.1) is 6.61 Å². The van der Waals surface area contributed by atoms with Crippen LogP contribution in [0.2, 0.25) is 0 Å². The topological polar surface area (TPSA) is 33.3 Å². The van der Waals surface area contributed by atoms with E-state index in [0.29, 0.717) is 11.4 Å². The minimum atomic E-state index is -3.40. The molecule has 3 nitrogen and oxygen atoms in total. The van der Waals surface area contributed by atoms with Crippen LogP contribution < -0.4 is 10.6 Å². The van der Waals surface area contributed by atoms with E-state index in [1.54, 1.807) is 0 Å². The highest BCUT2D eigenvalue weighted by molar-refractivity contribution is 5.61. The fourth-order valence-electron chi connectivity index (χ4n) is 3.36. The molecule has 1 fully saturated rings. The van der Waals surface area contributed by atoms with Crippen LogP contribution in [0, 0.1) is 11.6 Å². The van der Waals surface area contributed by atoms with Gasteiger partial charge in [0, 0.05) is 23.5 Å². The molecular weight excluding hydrogens is 360 g/mol. The van der Waals surface area contributed by atoms with E-state index in [1.807, 2.05) is 0 Å². The molecule has 1 aliphatic heterocycles. The molecule has 2 aromatic rings. The Kier molecular flexibility index (Phi) is 4.94. The molecule has 1 saturated heterocycles. The Labute approximate surface area is 155 Å². The maximum absolute atomic E-state index is 15.3. The monoisotopic (exact) mass is 382 g/mol. The van der Waals surface area contributed by atoms with Gasteiger partial charge in [0.25, 0.3) is 5.92 Å². The average molecular weight is 382 g/mol. The molecule has 3 rings (SSSR count). The van der Waals surface area contributed by atoms with Crippen molar-refractivity contribution in [2.45, 2.75) is 37.8 Å². The molecule has 146 valence electrons. The fraction of sp³-hybridized carbons (Fsp3) is 0.400. The van der Waals surface area contributed by atoms with E-state index in [9.17, 15) is 8.78 Å². The van der Waals surface area contributed by atoms with Crippen LogP contribution in [-0.2, 0) is 10.3 Å². The summed E-state index contributed by atoms with van der Waals surface area (Å²) in [5, 5.41) is 5.75. The molecule has 1 heterocycles. The lowest BCUT2D eigenvalue weighted by Gasteiger charge is -2.44. The van der Waals surface area contributed by atoms with Crippen molar-refractivity contribution >= 4 is 11.4 Å². The zero-order valence-electron chi connectivity index (χ0n) is 15.4. The van der Waals surface area contributed by atoms with Crippen molar-refractivity contribution in [3.8, 4) is 0 Å². The second-order valence-corrected chi connectivity index (χ2v) is 7.31. The van der Waals surface area contributed by atoms with Crippen LogP contribution in [0.5, 0.6) is 0 Å². The summed E-state index contributed by atoms with van der Waals surface area (Å²) in [5.41, 5.74) is -2.95. The summed E-state index contributed by atoms with van der Waals surface area (Å²) in [7, 11) is 0. The maximum Gasteiger partial charge on any atom is 0.297 e. The zero-order valence-corrected chi connectivity index (χ0v) is 15.4. The molecule has 1 atom stereocenters. The summed E-state index contributed by atoms with van der Waals surface area (Å²) in [5.74, 6) is -4.53. The zero-order chi connectivity index (χ0) is 19.9. The van der Waals surface area contributed by atoms with Gasteiger partial charge >= 0.3 is 0 Å². The number of benzene rings is 2. The minimum Gasteiger partial charge on any atom is -0.368 e. The van der Waals surface area contributed by atoms with Gasteiger partial charge < -0.3 is 15.4 Å². The first-order valence-corrected chi connectivity index (χ1v) is 8.66. The number of ether oxygens (including phenoxy) is 1. The molecule has 0 amide bonds. The highest BCUT2D eigenvalue weighted by atomic mass is 19.3. The predicted octanol–water partition coefficient (Wildman–Crippen LogP) is 4.96. The van der Waals surface area contributed by atoms with Gasteiger partial charge in [0.1, 0.15) is 22.8 Å². The summed E-state index contributed by atoms with van der Waals surface area (Å²) >= 11 is 0. The Balaban J connectivity index is 2.03. The van der Waals surface area contributed by atoms with Gasteiger partial charge in [-0.2, -0.15) is 0 Å². The SMILES string of the molecule is CC1(C)OCCN[C@](C)(c2cc(Nc3ccc(F)cc3)ccc2F)C1(F)F. The van der Waals surface area contributed by atoms with Crippen LogP contribution in [0.25, 0.3) is 0 Å². The minimum absolute atomic E-state index is 0.0906. The second-order valence-electron chi connectivity index (χ2n) is 7.31. The van der Waals surface area contributed by atoms with Gasteiger partial charge in [-0.3, -0.25) is 0 Å². The van der Waals surface area contributed by atoms with Gasteiger partial charge in [-0.1, -0.05) is 0 Å². The van der Waals surface area contributed by atoms with Gasteiger partial charge in [-0.05, 0) is 63.2 Å². The van der Waals surface area contributed by atoms with E-state index in [0.717, 1.165) is 6.07 Å². The number of halogens is 4. The van der Waals surface area contributed by atoms with Crippen LogP contribution >= 0.6 is 0 Å². The smallest absolute Gasteiger partial charge is 0.297 e. The van der Waals surface area contributed by atoms with Gasteiger partial charge in [-0.25, -0.2) is 17.6 Å². The largest absolute Gasteiger partial charge is 0.368 e. The molecule has 0 aromatic heterocycles. The Morgan fingerprint density at radius 2 is 1.59 bits per heavy atom. The van der Waals surface area contributed by atoms with Crippen LogP contribution in [-0.4, -0.2) is 24.7 Å². The van der Waals surface area contributed by atoms with Crippen molar-refractivity contribution in [1.29, 1.82) is 0 Å². The van der Waals surface area contributed by atoms with E-state index < -0.39 is 28.7 Å². The molecule has 0 radical (unpaired) electrons. The van der Waals surface area contributed by atoms with Crippen molar-refractivity contribution in [1.82, 2.24) is 5.32 Å². The third kappa shape index (κ3) is 3.41. The maximum atomic E-state index is 15.3. The van der Waals surface area contributed by atoms with Gasteiger partial charge in [0.15, 0.2) is 0 Å². The molecular formula is C20H22F4N2O. The molecule has 0 spiro atoms. The lowest BCUT2D eigenvalue weighted by atomic mass is 9.77. The molecule has 0 aliphatic carbocycles. The standard InChI is InChI=1S/C20H22F4N2O/c1-18(2)20(23,24)19(3,25-10-11-27-18)16-12-15(8-9-17(16)22)26-14-6-4-13(21)5-7-14/h4-9,12,25-26H,10-11H2,1-3H3/t19-/m1/s1. The van der Waals surface area contributed by atoms with Crippen molar-refractivity contribution in [3.63, 3.8) is 0 Å². The fourth-order valence-corrected chi connectivity index (χ4v) is 3.36. The van der Waals surface area contributed by atoms with E-state index in [2.05, 4.69) is 10.6 Å². The Bertz CT molecular complexity index is 823. The molecule has 2 N–H and O–H groups in total. The highest BCUT2D eigenvalue weighted by Crippen LogP contribution is 2.48. The number of anilines is 2. The van der Waals surface area contributed by atoms with Crippen molar-refractivity contribution in [3.05, 3.63) is 59.7 Å². The van der Waals surface area contributed by atoms with Crippen molar-refractivity contribution in [2.75, 3.05) is 18.5 Å². The van der Waals surface area contributed by atoms with Gasteiger partial charge in [0.2, 0.25) is 0 Å². The molecule has 0 unspecified atom stereocenters. The number of rotatable bonds is 3. The molecule has 2 aromatic carbocycles. The third-order valence-corrected chi connectivity index (χ3v) is 5.07. The second kappa shape index (κ2) is 6.80. The molecule has 0 saturated carbocycles. The van der Waals surface area contributed by atoms with Crippen molar-refractivity contribution < 1.29 is 22.3 Å². The number of hydrogen-bond acceptors (Lipinski definition) is 3. The Morgan fingerprint density at radius 1 is 0.963 bits per heavy atom. The highest BCUT2D eigenvalue weighted by Gasteiger charge is 2.63. The molecule has 27 heavy (non-hydrogen) atoms. The first-order valence-electron chi connectivity index (χ1n) is 8.66. The lowest BCUT2D eigenvalue weighted by molar-refractivity contribution is -0.216. The van der Waals surface area contributed by atoms with Crippen molar-refractivity contribution in [2.24, 2.45) is 0 Å². The Hall–Kier alpha value is -2.12. The predicted molar refractivity (Wildman–Crippen MR) is 96.4 cm³/mol. The number of alkyl halides is 2. The van der Waals surface area contributed by atoms with E-state index in [4.69, 9.17) is 4.74 Å². The average Bonchev–Trinajstić information content (AvgIpc) is 2.69. The van der Waals surface area contributed by atoms with Crippen LogP contribution in [0.15, 0.2) is 42.5 Å². The number of hydrogen-bond donors (Lipinski definition) is 2. The third-order valence-electron chi connectivity index (χ3n) is 5.07. The van der Waals surface area contributed by atoms with Gasteiger partial charge in [-0.15, -0.1) is 0 Å². The van der Waals surface area contributed by atoms with E-state index in [1.165, 1.54) is 57.2 Å². The summed E-state index contributed by atoms with van der Waals surface area (Å²) in [6.45, 7) is 4.13. The normalized spacial score (nSPS) is 24.3. The van der Waals surface area contributed by atoms with E-state index >= 15 is 8.78 Å². The quantitative estimate of drug-likeness (QED) is 0.737. The molecule has 1 aliphatic rings. The summed E-state index contributed by atoms with van der Waals surface area (Å²) < 4.78 is 63.7. The lowest BCUT2D eigenvalue weighted by Crippen LogP contribution is -2.61. The van der Waals surface area contributed by atoms with E-state index in [-0.39, 0.29) is 18.7 Å². The summed E-state index contributed by atoms with van der Waals surface area (Å²) in [6, 6.07) is 9.50. The summed E-state index contributed by atoms with van der Waals surface area (Å²) in [4.78, 5) is 0. The first kappa shape index (κ1) is 19.6. The van der Waals surface area contributed by atoms with Crippen LogP contribution in [0.4, 0.5) is 28.9 Å².